The SMILES string of the molecule is CCC(=O)N1CCN(c2ccc(Nc3cc(NCc4c(F)cccc4F)c(C(N)=O)nn3)cc2)CC1. The Morgan fingerprint density at radius 3 is 2.28 bits per heavy atom. The fourth-order valence-electron chi connectivity index (χ4n) is 4.00. The highest BCUT2D eigenvalue weighted by atomic mass is 19.1. The van der Waals surface area contributed by atoms with Crippen LogP contribution in [0.4, 0.5) is 31.7 Å². The van der Waals surface area contributed by atoms with Crippen LogP contribution in [0.25, 0.3) is 0 Å². The van der Waals surface area contributed by atoms with Crippen molar-refractivity contribution < 1.29 is 18.4 Å². The summed E-state index contributed by atoms with van der Waals surface area (Å²) in [6, 6.07) is 12.8. The number of anilines is 4. The van der Waals surface area contributed by atoms with Gasteiger partial charge in [0.05, 0.1) is 5.69 Å². The minimum absolute atomic E-state index is 0.145. The molecule has 2 aromatic carbocycles. The van der Waals surface area contributed by atoms with Crippen molar-refractivity contribution in [2.75, 3.05) is 41.7 Å². The highest BCUT2D eigenvalue weighted by Gasteiger charge is 2.20. The number of nitrogens with zero attached hydrogens (tertiary/aromatic N) is 4. The van der Waals surface area contributed by atoms with Gasteiger partial charge in [-0.25, -0.2) is 8.78 Å². The lowest BCUT2D eigenvalue weighted by Gasteiger charge is -2.36. The summed E-state index contributed by atoms with van der Waals surface area (Å²) in [5.74, 6) is -1.75. The standard InChI is InChI=1S/C25H27F2N7O2/c1-2-23(35)34-12-10-33(11-13-34)17-8-6-16(7-9-17)30-22-14-21(24(25(28)36)32-31-22)29-15-18-19(26)4-3-5-20(18)27/h3-9,14H,2,10-13,15H2,1H3,(H2,28,36)(H2,29,30,31). The largest absolute Gasteiger partial charge is 0.379 e. The molecular formula is C25H27F2N7O2. The van der Waals surface area contributed by atoms with E-state index in [0.29, 0.717) is 25.3 Å². The number of nitrogens with two attached hydrogens (primary N) is 1. The third-order valence-corrected chi connectivity index (χ3v) is 5.98. The van der Waals surface area contributed by atoms with Gasteiger partial charge in [0.1, 0.15) is 11.6 Å². The normalized spacial score (nSPS) is 13.4. The maximum Gasteiger partial charge on any atom is 0.271 e. The number of benzene rings is 2. The quantitative estimate of drug-likeness (QED) is 0.439. The molecule has 0 unspecified atom stereocenters. The van der Waals surface area contributed by atoms with E-state index in [2.05, 4.69) is 25.7 Å². The number of rotatable bonds is 8. The van der Waals surface area contributed by atoms with E-state index >= 15 is 0 Å². The Morgan fingerprint density at radius 1 is 1.00 bits per heavy atom. The summed E-state index contributed by atoms with van der Waals surface area (Å²) in [5, 5.41) is 13.8. The maximum absolute atomic E-state index is 14.0. The number of hydrogen-bond acceptors (Lipinski definition) is 7. The molecule has 9 nitrogen and oxygen atoms in total. The maximum atomic E-state index is 14.0. The van der Waals surface area contributed by atoms with Gasteiger partial charge in [-0.15, -0.1) is 10.2 Å². The van der Waals surface area contributed by atoms with E-state index in [1.165, 1.54) is 12.1 Å². The molecular weight excluding hydrogens is 468 g/mol. The minimum Gasteiger partial charge on any atom is -0.379 e. The Morgan fingerprint density at radius 2 is 1.67 bits per heavy atom. The second kappa shape index (κ2) is 11.0. The summed E-state index contributed by atoms with van der Waals surface area (Å²) in [7, 11) is 0. The molecule has 1 fully saturated rings. The van der Waals surface area contributed by atoms with Crippen LogP contribution in [0, 0.1) is 11.6 Å². The Bertz CT molecular complexity index is 1230. The van der Waals surface area contributed by atoms with Crippen molar-refractivity contribution in [3.63, 3.8) is 0 Å². The topological polar surface area (TPSA) is 116 Å². The Kier molecular flexibility index (Phi) is 7.57. The van der Waals surface area contributed by atoms with Crippen LogP contribution in [0.3, 0.4) is 0 Å². The molecule has 4 N–H and O–H groups in total. The van der Waals surface area contributed by atoms with Crippen LogP contribution in [-0.2, 0) is 11.3 Å². The third kappa shape index (κ3) is 5.68. The number of halogens is 2. The molecule has 2 amide bonds. The summed E-state index contributed by atoms with van der Waals surface area (Å²) in [4.78, 5) is 27.8. The van der Waals surface area contributed by atoms with E-state index < -0.39 is 17.5 Å². The number of piperazine rings is 1. The number of hydrogen-bond donors (Lipinski definition) is 3. The molecule has 1 aliphatic heterocycles. The van der Waals surface area contributed by atoms with Gasteiger partial charge in [-0.3, -0.25) is 9.59 Å². The van der Waals surface area contributed by atoms with Crippen LogP contribution in [0.15, 0.2) is 48.5 Å². The molecule has 1 saturated heterocycles. The van der Waals surface area contributed by atoms with Crippen molar-refractivity contribution in [1.82, 2.24) is 15.1 Å². The lowest BCUT2D eigenvalue weighted by Crippen LogP contribution is -2.48. The molecule has 1 aromatic heterocycles. The van der Waals surface area contributed by atoms with E-state index in [1.54, 1.807) is 0 Å². The Labute approximate surface area is 207 Å². The van der Waals surface area contributed by atoms with Gasteiger partial charge in [0.15, 0.2) is 11.5 Å². The van der Waals surface area contributed by atoms with Crippen molar-refractivity contribution in [3.05, 3.63) is 71.4 Å². The summed E-state index contributed by atoms with van der Waals surface area (Å²) < 4.78 is 28.0. The fourth-order valence-corrected chi connectivity index (χ4v) is 4.00. The lowest BCUT2D eigenvalue weighted by atomic mass is 10.2. The van der Waals surface area contributed by atoms with E-state index in [1.807, 2.05) is 36.1 Å². The van der Waals surface area contributed by atoms with E-state index in [0.717, 1.165) is 36.6 Å². The molecule has 0 aliphatic carbocycles. The van der Waals surface area contributed by atoms with Crippen molar-refractivity contribution in [1.29, 1.82) is 0 Å². The van der Waals surface area contributed by atoms with E-state index in [4.69, 9.17) is 5.73 Å². The second-order valence-corrected chi connectivity index (χ2v) is 8.30. The summed E-state index contributed by atoms with van der Waals surface area (Å²) >= 11 is 0. The number of aromatic nitrogens is 2. The monoisotopic (exact) mass is 495 g/mol. The summed E-state index contributed by atoms with van der Waals surface area (Å²) in [6.45, 7) is 4.57. The predicted octanol–water partition coefficient (Wildman–Crippen LogP) is 3.27. The van der Waals surface area contributed by atoms with Gasteiger partial charge >= 0.3 is 0 Å². The number of carbonyl (C=O) groups is 2. The molecule has 1 aliphatic rings. The van der Waals surface area contributed by atoms with Gasteiger partial charge in [-0.2, -0.15) is 0 Å². The smallest absolute Gasteiger partial charge is 0.271 e. The Balaban J connectivity index is 1.44. The van der Waals surface area contributed by atoms with Crippen molar-refractivity contribution in [3.8, 4) is 0 Å². The number of amides is 2. The fraction of sp³-hybridized carbons (Fsp3) is 0.280. The first kappa shape index (κ1) is 24.8. The molecule has 36 heavy (non-hydrogen) atoms. The van der Waals surface area contributed by atoms with E-state index in [-0.39, 0.29) is 29.4 Å². The molecule has 3 aromatic rings. The number of primary amides is 1. The predicted molar refractivity (Wildman–Crippen MR) is 133 cm³/mol. The summed E-state index contributed by atoms with van der Waals surface area (Å²) in [6.07, 6.45) is 0.515. The molecule has 0 spiro atoms. The molecule has 0 radical (unpaired) electrons. The number of nitrogens with one attached hydrogen (secondary N) is 2. The molecule has 0 saturated carbocycles. The van der Waals surface area contributed by atoms with Crippen molar-refractivity contribution in [2.45, 2.75) is 19.9 Å². The average molecular weight is 496 g/mol. The first-order valence-electron chi connectivity index (χ1n) is 11.6. The zero-order valence-electron chi connectivity index (χ0n) is 19.8. The van der Waals surface area contributed by atoms with Crippen LogP contribution in [0.1, 0.15) is 29.4 Å². The highest BCUT2D eigenvalue weighted by molar-refractivity contribution is 5.96. The zero-order chi connectivity index (χ0) is 25.7. The molecule has 2 heterocycles. The first-order valence-corrected chi connectivity index (χ1v) is 11.6. The molecule has 4 rings (SSSR count). The third-order valence-electron chi connectivity index (χ3n) is 5.98. The van der Waals surface area contributed by atoms with Crippen LogP contribution >= 0.6 is 0 Å². The van der Waals surface area contributed by atoms with Crippen molar-refractivity contribution >= 4 is 34.7 Å². The summed E-state index contributed by atoms with van der Waals surface area (Å²) in [5.41, 5.74) is 7.03. The Hall–Kier alpha value is -4.28. The molecule has 188 valence electrons. The molecule has 11 heteroatoms. The van der Waals surface area contributed by atoms with Crippen LogP contribution in [0.5, 0.6) is 0 Å². The van der Waals surface area contributed by atoms with Crippen LogP contribution < -0.4 is 21.3 Å². The average Bonchev–Trinajstić information content (AvgIpc) is 2.88. The highest BCUT2D eigenvalue weighted by Crippen LogP contribution is 2.24. The van der Waals surface area contributed by atoms with Gasteiger partial charge in [0.25, 0.3) is 5.91 Å². The van der Waals surface area contributed by atoms with Gasteiger partial charge in [0.2, 0.25) is 5.91 Å². The number of carbonyl (C=O) groups excluding carboxylic acids is 2. The minimum atomic E-state index is -0.823. The van der Waals surface area contributed by atoms with Crippen LogP contribution in [-0.4, -0.2) is 53.1 Å². The van der Waals surface area contributed by atoms with Gasteiger partial charge in [-0.05, 0) is 36.4 Å². The zero-order valence-corrected chi connectivity index (χ0v) is 19.8. The van der Waals surface area contributed by atoms with Gasteiger partial charge in [0, 0.05) is 62.1 Å². The van der Waals surface area contributed by atoms with Crippen LogP contribution in [0.2, 0.25) is 0 Å². The molecule has 0 atom stereocenters. The van der Waals surface area contributed by atoms with Gasteiger partial charge in [-0.1, -0.05) is 13.0 Å². The van der Waals surface area contributed by atoms with E-state index in [9.17, 15) is 18.4 Å². The first-order chi connectivity index (χ1) is 17.4. The molecule has 0 bridgehead atoms. The lowest BCUT2D eigenvalue weighted by molar-refractivity contribution is -0.131. The van der Waals surface area contributed by atoms with Crippen molar-refractivity contribution in [2.24, 2.45) is 5.73 Å². The second-order valence-electron chi connectivity index (χ2n) is 8.30. The van der Waals surface area contributed by atoms with Gasteiger partial charge < -0.3 is 26.2 Å².